The number of aromatic hydroxyl groups is 1. The number of ether oxygens (including phenoxy) is 1. The van der Waals surface area contributed by atoms with E-state index in [0.717, 1.165) is 30.8 Å². The molecule has 8 heteroatoms. The van der Waals surface area contributed by atoms with Crippen LogP contribution in [-0.2, 0) is 22.6 Å². The Morgan fingerprint density at radius 1 is 1.11 bits per heavy atom. The van der Waals surface area contributed by atoms with Gasteiger partial charge >= 0.3 is 5.97 Å². The molecule has 8 nitrogen and oxygen atoms in total. The van der Waals surface area contributed by atoms with Gasteiger partial charge in [0.15, 0.2) is 5.76 Å². The maximum atomic E-state index is 12.7. The van der Waals surface area contributed by atoms with Crippen LogP contribution in [-0.4, -0.2) is 40.7 Å². The first-order chi connectivity index (χ1) is 16.9. The zero-order valence-electron chi connectivity index (χ0n) is 19.6. The normalized spacial score (nSPS) is 20.1. The van der Waals surface area contributed by atoms with Crippen molar-refractivity contribution in [1.29, 1.82) is 0 Å². The number of fused-ring (bicyclic) bond motifs is 4. The fraction of sp³-hybridized carbons (Fsp3) is 0.370. The number of hydrogen-bond donors (Lipinski definition) is 1. The molecule has 35 heavy (non-hydrogen) atoms. The van der Waals surface area contributed by atoms with Crippen LogP contribution in [0.1, 0.15) is 47.5 Å². The first-order valence-corrected chi connectivity index (χ1v) is 11.8. The molecular formula is C27H28N2O6. The Morgan fingerprint density at radius 2 is 1.91 bits per heavy atom. The number of nitrogens with zero attached hydrogens (tertiary/aromatic N) is 2. The lowest BCUT2D eigenvalue weighted by Crippen LogP contribution is -2.46. The van der Waals surface area contributed by atoms with Crippen LogP contribution in [0, 0.1) is 5.92 Å². The van der Waals surface area contributed by atoms with Crippen molar-refractivity contribution in [3.8, 4) is 5.75 Å². The third-order valence-electron chi connectivity index (χ3n) is 7.05. The van der Waals surface area contributed by atoms with E-state index in [4.69, 9.17) is 9.15 Å². The van der Waals surface area contributed by atoms with E-state index in [-0.39, 0.29) is 23.7 Å². The molecule has 0 radical (unpaired) electrons. The summed E-state index contributed by atoms with van der Waals surface area (Å²) in [5.74, 6) is -0.551. The van der Waals surface area contributed by atoms with Crippen molar-refractivity contribution in [3.63, 3.8) is 0 Å². The number of carbonyl (C=O) groups excluding carboxylic acids is 1. The molecule has 5 rings (SSSR count). The number of methoxy groups -OCH3 is 1. The SMILES string of the molecule is COC(=O)C[C@H](c1ccccc1)c1oc(CN2C[C@@H]3C[C@H](C2)c2cccc(=O)n2C3)cc(=O)c1O. The van der Waals surface area contributed by atoms with Gasteiger partial charge in [0.05, 0.1) is 26.0 Å². The van der Waals surface area contributed by atoms with Crippen LogP contribution in [0.2, 0.25) is 0 Å². The monoisotopic (exact) mass is 476 g/mol. The molecule has 0 aliphatic carbocycles. The number of carbonyl (C=O) groups is 1. The van der Waals surface area contributed by atoms with Crippen LogP contribution in [0.5, 0.6) is 5.75 Å². The van der Waals surface area contributed by atoms with Gasteiger partial charge in [-0.25, -0.2) is 0 Å². The molecule has 1 aromatic carbocycles. The summed E-state index contributed by atoms with van der Waals surface area (Å²) in [7, 11) is 1.30. The predicted octanol–water partition coefficient (Wildman–Crippen LogP) is 2.82. The number of benzene rings is 1. The lowest BCUT2D eigenvalue weighted by Gasteiger charge is -2.42. The summed E-state index contributed by atoms with van der Waals surface area (Å²) < 4.78 is 12.8. The molecule has 2 aliphatic rings. The van der Waals surface area contributed by atoms with Crippen LogP contribution >= 0.6 is 0 Å². The van der Waals surface area contributed by atoms with Crippen molar-refractivity contribution in [2.45, 2.75) is 37.8 Å². The maximum Gasteiger partial charge on any atom is 0.306 e. The zero-order chi connectivity index (χ0) is 24.5. The summed E-state index contributed by atoms with van der Waals surface area (Å²) in [4.78, 5) is 39.4. The maximum absolute atomic E-state index is 12.7. The highest BCUT2D eigenvalue weighted by molar-refractivity contribution is 5.71. The Morgan fingerprint density at radius 3 is 2.69 bits per heavy atom. The van der Waals surface area contributed by atoms with Crippen LogP contribution in [0.4, 0.5) is 0 Å². The molecule has 1 fully saturated rings. The Bertz CT molecular complexity index is 1350. The van der Waals surface area contributed by atoms with E-state index in [1.165, 1.54) is 13.2 Å². The summed E-state index contributed by atoms with van der Waals surface area (Å²) in [6, 6.07) is 15.9. The number of hydrogen-bond acceptors (Lipinski definition) is 7. The minimum Gasteiger partial charge on any atom is -0.502 e. The summed E-state index contributed by atoms with van der Waals surface area (Å²) in [5.41, 5.74) is 1.29. The number of aromatic nitrogens is 1. The summed E-state index contributed by atoms with van der Waals surface area (Å²) in [6.45, 7) is 2.60. The van der Waals surface area contributed by atoms with E-state index >= 15 is 0 Å². The number of likely N-dealkylation sites (tertiary alicyclic amines) is 1. The molecule has 2 aromatic heterocycles. The largest absolute Gasteiger partial charge is 0.502 e. The van der Waals surface area contributed by atoms with E-state index in [2.05, 4.69) is 4.90 Å². The highest BCUT2D eigenvalue weighted by Crippen LogP contribution is 2.37. The fourth-order valence-electron chi connectivity index (χ4n) is 5.51. The first kappa shape index (κ1) is 23.1. The Hall–Kier alpha value is -3.65. The van der Waals surface area contributed by atoms with Gasteiger partial charge in [0.2, 0.25) is 11.2 Å². The van der Waals surface area contributed by atoms with Crippen LogP contribution < -0.4 is 11.0 Å². The number of pyridine rings is 1. The Labute approximate surface area is 202 Å². The van der Waals surface area contributed by atoms with E-state index in [0.29, 0.717) is 24.8 Å². The lowest BCUT2D eigenvalue weighted by molar-refractivity contribution is -0.140. The minimum atomic E-state index is -0.657. The first-order valence-electron chi connectivity index (χ1n) is 11.8. The van der Waals surface area contributed by atoms with Gasteiger partial charge in [-0.15, -0.1) is 0 Å². The van der Waals surface area contributed by atoms with Gasteiger partial charge < -0.3 is 18.8 Å². The van der Waals surface area contributed by atoms with Gasteiger partial charge in [-0.05, 0) is 24.0 Å². The second-order valence-electron chi connectivity index (χ2n) is 9.43. The summed E-state index contributed by atoms with van der Waals surface area (Å²) in [5, 5.41) is 10.6. The molecule has 0 saturated carbocycles. The van der Waals surface area contributed by atoms with Gasteiger partial charge in [0, 0.05) is 43.4 Å². The summed E-state index contributed by atoms with van der Waals surface area (Å²) in [6.07, 6.45) is 0.958. The van der Waals surface area contributed by atoms with Gasteiger partial charge in [-0.3, -0.25) is 19.3 Å². The number of esters is 1. The van der Waals surface area contributed by atoms with Gasteiger partial charge in [0.1, 0.15) is 5.76 Å². The molecule has 0 unspecified atom stereocenters. The highest BCUT2D eigenvalue weighted by atomic mass is 16.5. The second-order valence-corrected chi connectivity index (χ2v) is 9.43. The molecule has 0 spiro atoms. The highest BCUT2D eigenvalue weighted by Gasteiger charge is 2.35. The molecule has 2 bridgehead atoms. The van der Waals surface area contributed by atoms with Crippen molar-refractivity contribution in [3.05, 3.63) is 98.0 Å². The van der Waals surface area contributed by atoms with Gasteiger partial charge in [0.25, 0.3) is 5.56 Å². The molecule has 182 valence electrons. The Kier molecular flexibility index (Phi) is 6.30. The average molecular weight is 477 g/mol. The van der Waals surface area contributed by atoms with Crippen LogP contribution in [0.25, 0.3) is 0 Å². The van der Waals surface area contributed by atoms with Crippen LogP contribution in [0.3, 0.4) is 0 Å². The smallest absolute Gasteiger partial charge is 0.306 e. The molecule has 1 N–H and O–H groups in total. The predicted molar refractivity (Wildman–Crippen MR) is 128 cm³/mol. The molecule has 3 atom stereocenters. The molecule has 4 heterocycles. The number of piperidine rings is 1. The van der Waals surface area contributed by atoms with Crippen molar-refractivity contribution in [1.82, 2.24) is 9.47 Å². The van der Waals surface area contributed by atoms with E-state index in [1.807, 2.05) is 47.0 Å². The van der Waals surface area contributed by atoms with Gasteiger partial charge in [-0.2, -0.15) is 0 Å². The Balaban J connectivity index is 1.44. The molecular weight excluding hydrogens is 448 g/mol. The quantitative estimate of drug-likeness (QED) is 0.546. The molecule has 0 amide bonds. The third kappa shape index (κ3) is 4.66. The molecule has 2 aliphatic heterocycles. The average Bonchev–Trinajstić information content (AvgIpc) is 2.86. The van der Waals surface area contributed by atoms with Crippen molar-refractivity contribution < 1.29 is 19.1 Å². The lowest BCUT2D eigenvalue weighted by atomic mass is 9.83. The molecule has 3 aromatic rings. The fourth-order valence-corrected chi connectivity index (χ4v) is 5.51. The van der Waals surface area contributed by atoms with Crippen molar-refractivity contribution in [2.75, 3.05) is 20.2 Å². The second kappa shape index (κ2) is 9.54. The van der Waals surface area contributed by atoms with Crippen molar-refractivity contribution >= 4 is 5.97 Å². The topological polar surface area (TPSA) is 102 Å². The van der Waals surface area contributed by atoms with E-state index in [1.54, 1.807) is 6.07 Å². The summed E-state index contributed by atoms with van der Waals surface area (Å²) >= 11 is 0. The van der Waals surface area contributed by atoms with Crippen molar-refractivity contribution in [2.24, 2.45) is 5.92 Å². The molecule has 1 saturated heterocycles. The van der Waals surface area contributed by atoms with E-state index in [9.17, 15) is 19.5 Å². The van der Waals surface area contributed by atoms with Crippen LogP contribution in [0.15, 0.2) is 68.6 Å². The van der Waals surface area contributed by atoms with Gasteiger partial charge in [-0.1, -0.05) is 36.4 Å². The standard InChI is InChI=1S/C27H28N2O6/c1-34-25(32)12-21(18-6-3-2-4-7-18)27-26(33)23(30)11-20(35-27)16-28-13-17-10-19(15-28)22-8-5-9-24(31)29(22)14-17/h2-9,11,17,19,21,33H,10,12-16H2,1H3/t17-,19+,21+/m0/s1. The third-order valence-corrected chi connectivity index (χ3v) is 7.05. The minimum absolute atomic E-state index is 0.0392. The number of rotatable bonds is 6. The zero-order valence-corrected chi connectivity index (χ0v) is 19.6. The van der Waals surface area contributed by atoms with E-state index < -0.39 is 23.1 Å².